The standard InChI is InChI=1S/C29H29N3O2S2/c1-16-10-11-24(30-15-16)32-28(34)25-18(3)31-22-13-20(19-8-6-5-7-9-19)14-23(33)27(22)26(25)21-12-17(2)36-29(21)35-4/h5-12,15,20,26,31H,13-14H2,1-4H3,(H,30,32,34)/t20-,26-/m1/s1. The van der Waals surface area contributed by atoms with Crippen LogP contribution < -0.4 is 10.6 Å². The van der Waals surface area contributed by atoms with Gasteiger partial charge >= 0.3 is 0 Å². The lowest BCUT2D eigenvalue weighted by molar-refractivity contribution is -0.116. The number of thiophene rings is 1. The number of carbonyl (C=O) groups excluding carboxylic acids is 2. The molecule has 2 aromatic heterocycles. The fourth-order valence-corrected chi connectivity index (χ4v) is 7.12. The van der Waals surface area contributed by atoms with Crippen LogP contribution in [0, 0.1) is 13.8 Å². The van der Waals surface area contributed by atoms with Gasteiger partial charge in [0.2, 0.25) is 0 Å². The van der Waals surface area contributed by atoms with E-state index in [9.17, 15) is 9.59 Å². The highest BCUT2D eigenvalue weighted by Gasteiger charge is 2.42. The van der Waals surface area contributed by atoms with E-state index in [1.54, 1.807) is 35.4 Å². The molecular weight excluding hydrogens is 486 g/mol. The van der Waals surface area contributed by atoms with Gasteiger partial charge in [-0.3, -0.25) is 9.59 Å². The van der Waals surface area contributed by atoms with Crippen LogP contribution in [0.3, 0.4) is 0 Å². The average Bonchev–Trinajstić information content (AvgIpc) is 3.25. The van der Waals surface area contributed by atoms with E-state index in [1.165, 1.54) is 5.56 Å². The number of hydrogen-bond acceptors (Lipinski definition) is 6. The molecule has 1 aliphatic heterocycles. The van der Waals surface area contributed by atoms with Gasteiger partial charge in [-0.2, -0.15) is 0 Å². The zero-order valence-electron chi connectivity index (χ0n) is 20.8. The maximum Gasteiger partial charge on any atom is 0.255 e. The summed E-state index contributed by atoms with van der Waals surface area (Å²) in [6.07, 6.45) is 4.96. The second kappa shape index (κ2) is 10.1. The largest absolute Gasteiger partial charge is 0.362 e. The maximum absolute atomic E-state index is 13.8. The molecule has 2 atom stereocenters. The number of ketones is 1. The Bertz CT molecular complexity index is 1390. The van der Waals surface area contributed by atoms with Gasteiger partial charge in [0.25, 0.3) is 5.91 Å². The second-order valence-electron chi connectivity index (χ2n) is 9.41. The number of pyridine rings is 1. The number of aromatic nitrogens is 1. The summed E-state index contributed by atoms with van der Waals surface area (Å²) in [4.78, 5) is 33.1. The predicted octanol–water partition coefficient (Wildman–Crippen LogP) is 6.48. The zero-order valence-corrected chi connectivity index (χ0v) is 22.5. The van der Waals surface area contributed by atoms with Crippen LogP contribution >= 0.6 is 23.1 Å². The van der Waals surface area contributed by atoms with Crippen molar-refractivity contribution in [1.82, 2.24) is 10.3 Å². The third-order valence-electron chi connectivity index (χ3n) is 6.84. The Morgan fingerprint density at radius 3 is 2.58 bits per heavy atom. The molecule has 3 aromatic rings. The highest BCUT2D eigenvalue weighted by molar-refractivity contribution is 8.00. The average molecular weight is 516 g/mol. The molecule has 0 saturated carbocycles. The van der Waals surface area contributed by atoms with Gasteiger partial charge in [0.15, 0.2) is 5.78 Å². The first kappa shape index (κ1) is 24.5. The van der Waals surface area contributed by atoms with Gasteiger partial charge in [0, 0.05) is 46.0 Å². The van der Waals surface area contributed by atoms with Crippen LogP contribution in [0.5, 0.6) is 0 Å². The van der Waals surface area contributed by atoms with Crippen LogP contribution in [0.25, 0.3) is 0 Å². The lowest BCUT2D eigenvalue weighted by atomic mass is 9.72. The van der Waals surface area contributed by atoms with Gasteiger partial charge in [-0.25, -0.2) is 4.98 Å². The number of Topliss-reactive ketones (excluding diaryl/α,β-unsaturated/α-hetero) is 1. The normalized spacial score (nSPS) is 19.7. The van der Waals surface area contributed by atoms with Gasteiger partial charge in [-0.15, -0.1) is 23.1 Å². The molecule has 0 bridgehead atoms. The quantitative estimate of drug-likeness (QED) is 0.381. The first-order valence-corrected chi connectivity index (χ1v) is 14.1. The van der Waals surface area contributed by atoms with Gasteiger partial charge in [0.1, 0.15) is 5.82 Å². The van der Waals surface area contributed by atoms with E-state index in [0.717, 1.165) is 43.6 Å². The van der Waals surface area contributed by atoms with Crippen molar-refractivity contribution >= 4 is 40.6 Å². The predicted molar refractivity (Wildman–Crippen MR) is 147 cm³/mol. The Morgan fingerprint density at radius 2 is 1.89 bits per heavy atom. The number of aryl methyl sites for hydroxylation is 2. The van der Waals surface area contributed by atoms with Gasteiger partial charge in [-0.1, -0.05) is 36.4 Å². The molecule has 5 nitrogen and oxygen atoms in total. The monoisotopic (exact) mass is 515 g/mol. The van der Waals surface area contributed by atoms with Crippen molar-refractivity contribution in [3.8, 4) is 0 Å². The van der Waals surface area contributed by atoms with E-state index in [1.807, 2.05) is 44.4 Å². The third-order valence-corrected chi connectivity index (χ3v) is 9.06. The van der Waals surface area contributed by atoms with Crippen molar-refractivity contribution in [2.75, 3.05) is 11.6 Å². The molecule has 3 heterocycles. The molecule has 1 amide bonds. The number of thioether (sulfide) groups is 1. The summed E-state index contributed by atoms with van der Waals surface area (Å²) in [7, 11) is 0. The van der Waals surface area contributed by atoms with Crippen LogP contribution in [0.2, 0.25) is 0 Å². The van der Waals surface area contributed by atoms with E-state index >= 15 is 0 Å². The molecule has 5 rings (SSSR count). The SMILES string of the molecule is CSc1sc(C)cc1[C@@H]1C(C(=O)Nc2ccc(C)cn2)=C(C)NC2=C1C(=O)C[C@H](c1ccccc1)C2. The van der Waals surface area contributed by atoms with E-state index in [-0.39, 0.29) is 17.6 Å². The molecule has 184 valence electrons. The van der Waals surface area contributed by atoms with E-state index in [2.05, 4.69) is 40.7 Å². The highest BCUT2D eigenvalue weighted by Crippen LogP contribution is 2.49. The minimum Gasteiger partial charge on any atom is -0.362 e. The zero-order chi connectivity index (χ0) is 25.4. The van der Waals surface area contributed by atoms with E-state index in [0.29, 0.717) is 17.8 Å². The molecular formula is C29H29N3O2S2. The Morgan fingerprint density at radius 1 is 1.11 bits per heavy atom. The molecule has 7 heteroatoms. The first-order valence-electron chi connectivity index (χ1n) is 12.0. The number of nitrogens with one attached hydrogen (secondary N) is 2. The molecule has 1 aromatic carbocycles. The fourth-order valence-electron chi connectivity index (χ4n) is 5.21. The molecule has 0 unspecified atom stereocenters. The van der Waals surface area contributed by atoms with Crippen LogP contribution in [-0.4, -0.2) is 22.9 Å². The number of amides is 1. The molecule has 0 radical (unpaired) electrons. The van der Waals surface area contributed by atoms with Crippen LogP contribution in [0.15, 0.2) is 81.5 Å². The number of allylic oxidation sites excluding steroid dienone is 3. The molecule has 2 N–H and O–H groups in total. The van der Waals surface area contributed by atoms with Gasteiger partial charge < -0.3 is 10.6 Å². The molecule has 2 aliphatic rings. The second-order valence-corrected chi connectivity index (χ2v) is 11.7. The Kier molecular flexibility index (Phi) is 6.86. The van der Waals surface area contributed by atoms with Crippen LogP contribution in [0.1, 0.15) is 53.2 Å². The van der Waals surface area contributed by atoms with Gasteiger partial charge in [-0.05, 0) is 68.2 Å². The topological polar surface area (TPSA) is 71.1 Å². The number of nitrogens with zero attached hydrogens (tertiary/aromatic N) is 1. The van der Waals surface area contributed by atoms with Crippen LogP contribution in [0.4, 0.5) is 5.82 Å². The number of carbonyl (C=O) groups is 2. The van der Waals surface area contributed by atoms with Crippen molar-refractivity contribution in [2.45, 2.75) is 49.7 Å². The molecule has 0 fully saturated rings. The molecule has 0 spiro atoms. The number of dihydropyridines is 1. The van der Waals surface area contributed by atoms with Crippen molar-refractivity contribution < 1.29 is 9.59 Å². The third kappa shape index (κ3) is 4.65. The lowest BCUT2D eigenvalue weighted by Crippen LogP contribution is -2.37. The maximum atomic E-state index is 13.8. The Balaban J connectivity index is 1.58. The minimum absolute atomic E-state index is 0.102. The van der Waals surface area contributed by atoms with Crippen molar-refractivity contribution in [3.63, 3.8) is 0 Å². The summed E-state index contributed by atoms with van der Waals surface area (Å²) in [5.74, 6) is 0.0692. The highest BCUT2D eigenvalue weighted by atomic mass is 32.2. The number of hydrogen-bond donors (Lipinski definition) is 2. The molecule has 36 heavy (non-hydrogen) atoms. The van der Waals surface area contributed by atoms with Gasteiger partial charge in [0.05, 0.1) is 4.21 Å². The number of rotatable bonds is 5. The van der Waals surface area contributed by atoms with E-state index < -0.39 is 5.92 Å². The Hall–Kier alpha value is -3.16. The number of anilines is 1. The summed E-state index contributed by atoms with van der Waals surface area (Å²) < 4.78 is 1.13. The summed E-state index contributed by atoms with van der Waals surface area (Å²) in [5.41, 5.74) is 6.24. The summed E-state index contributed by atoms with van der Waals surface area (Å²) in [6.45, 7) is 5.97. The summed E-state index contributed by atoms with van der Waals surface area (Å²) in [6, 6.07) is 16.1. The number of benzene rings is 1. The summed E-state index contributed by atoms with van der Waals surface area (Å²) >= 11 is 3.37. The van der Waals surface area contributed by atoms with Crippen molar-refractivity contribution in [3.05, 3.63) is 98.8 Å². The molecule has 1 aliphatic carbocycles. The first-order chi connectivity index (χ1) is 17.4. The minimum atomic E-state index is -0.414. The lowest BCUT2D eigenvalue weighted by Gasteiger charge is -2.37. The van der Waals surface area contributed by atoms with Crippen molar-refractivity contribution in [1.29, 1.82) is 0 Å². The van der Waals surface area contributed by atoms with Crippen LogP contribution in [-0.2, 0) is 9.59 Å². The van der Waals surface area contributed by atoms with E-state index in [4.69, 9.17) is 0 Å². The van der Waals surface area contributed by atoms with Crippen molar-refractivity contribution in [2.24, 2.45) is 0 Å². The smallest absolute Gasteiger partial charge is 0.255 e. The Labute approximate surface area is 220 Å². The fraction of sp³-hybridized carbons (Fsp3) is 0.276. The summed E-state index contributed by atoms with van der Waals surface area (Å²) in [5, 5.41) is 6.45. The molecule has 0 saturated heterocycles.